The van der Waals surface area contributed by atoms with E-state index in [2.05, 4.69) is 10.1 Å². The fourth-order valence-electron chi connectivity index (χ4n) is 1.50. The number of hydrogen-bond donors (Lipinski definition) is 2. The van der Waals surface area contributed by atoms with Gasteiger partial charge in [0.15, 0.2) is 0 Å². The Morgan fingerprint density at radius 1 is 1.26 bits per heavy atom. The minimum Gasteiger partial charge on any atom is -0.497 e. The quantitative estimate of drug-likeness (QED) is 0.806. The van der Waals surface area contributed by atoms with E-state index in [-0.39, 0.29) is 0 Å². The van der Waals surface area contributed by atoms with Gasteiger partial charge < -0.3 is 20.7 Å². The van der Waals surface area contributed by atoms with Crippen molar-refractivity contribution in [1.82, 2.24) is 10.1 Å². The van der Waals surface area contributed by atoms with E-state index in [0.717, 1.165) is 11.3 Å². The molecule has 0 aliphatic heterocycles. The number of nitrogens with two attached hydrogens (primary N) is 2. The second-order valence-corrected chi connectivity index (χ2v) is 3.63. The molecule has 0 aliphatic carbocycles. The third-order valence-electron chi connectivity index (χ3n) is 2.48. The Bertz CT molecular complexity index is 599. The van der Waals surface area contributed by atoms with Gasteiger partial charge in [0.25, 0.3) is 5.89 Å². The number of allylic oxidation sites excluding steroid dienone is 2. The number of rotatable bonds is 4. The van der Waals surface area contributed by atoms with Gasteiger partial charge in [0, 0.05) is 11.8 Å². The highest BCUT2D eigenvalue weighted by molar-refractivity contribution is 5.69. The smallest absolute Gasteiger partial charge is 0.259 e. The molecular formula is C13H14N4O2. The number of hydrogen-bond acceptors (Lipinski definition) is 6. The molecule has 2 rings (SSSR count). The number of ether oxygens (including phenoxy) is 1. The van der Waals surface area contributed by atoms with Gasteiger partial charge in [0.1, 0.15) is 5.75 Å². The summed E-state index contributed by atoms with van der Waals surface area (Å²) in [6, 6.07) is 7.34. The third kappa shape index (κ3) is 2.74. The molecule has 0 fully saturated rings. The van der Waals surface area contributed by atoms with Gasteiger partial charge in [-0.2, -0.15) is 4.98 Å². The lowest BCUT2D eigenvalue weighted by molar-refractivity contribution is 0.409. The van der Waals surface area contributed by atoms with Crippen molar-refractivity contribution < 1.29 is 9.26 Å². The van der Waals surface area contributed by atoms with Gasteiger partial charge in [0.05, 0.1) is 12.7 Å². The van der Waals surface area contributed by atoms with Crippen LogP contribution in [0.4, 0.5) is 0 Å². The Balaban J connectivity index is 2.29. The van der Waals surface area contributed by atoms with Crippen LogP contribution in [0.2, 0.25) is 0 Å². The van der Waals surface area contributed by atoms with Crippen LogP contribution < -0.4 is 16.2 Å². The van der Waals surface area contributed by atoms with Crippen molar-refractivity contribution in [2.75, 3.05) is 7.11 Å². The average Bonchev–Trinajstić information content (AvgIpc) is 2.94. The van der Waals surface area contributed by atoms with Gasteiger partial charge in [-0.25, -0.2) is 0 Å². The Morgan fingerprint density at radius 3 is 2.58 bits per heavy atom. The lowest BCUT2D eigenvalue weighted by Gasteiger charge is -1.98. The Morgan fingerprint density at radius 2 is 2.00 bits per heavy atom. The standard InChI is InChI=1S/C13H14N4O2/c1-18-11-4-2-9(3-5-11)12-16-13(19-17-12)10(8-15)6-7-14/h2-8H,14-15H2,1H3/b7-6-,10-8+. The van der Waals surface area contributed by atoms with Crippen molar-refractivity contribution in [2.24, 2.45) is 11.5 Å². The summed E-state index contributed by atoms with van der Waals surface area (Å²) in [5.41, 5.74) is 12.2. The number of aromatic nitrogens is 2. The molecule has 19 heavy (non-hydrogen) atoms. The predicted molar refractivity (Wildman–Crippen MR) is 71.8 cm³/mol. The molecule has 1 aromatic carbocycles. The molecule has 6 heteroatoms. The molecule has 0 aliphatic rings. The SMILES string of the molecule is COc1ccc(-c2noc(C(/C=C\N)=C/N)n2)cc1. The van der Waals surface area contributed by atoms with E-state index < -0.39 is 0 Å². The van der Waals surface area contributed by atoms with Crippen LogP contribution >= 0.6 is 0 Å². The first-order chi connectivity index (χ1) is 9.28. The van der Waals surface area contributed by atoms with Gasteiger partial charge in [-0.05, 0) is 36.5 Å². The van der Waals surface area contributed by atoms with Crippen molar-refractivity contribution in [2.45, 2.75) is 0 Å². The molecule has 0 amide bonds. The van der Waals surface area contributed by atoms with Crippen molar-refractivity contribution >= 4 is 5.57 Å². The molecule has 2 aromatic rings. The molecular weight excluding hydrogens is 244 g/mol. The lowest BCUT2D eigenvalue weighted by Crippen LogP contribution is -1.89. The van der Waals surface area contributed by atoms with Crippen LogP contribution in [0.25, 0.3) is 17.0 Å². The van der Waals surface area contributed by atoms with Crippen LogP contribution in [0.15, 0.2) is 47.3 Å². The molecule has 6 nitrogen and oxygen atoms in total. The zero-order valence-electron chi connectivity index (χ0n) is 10.4. The van der Waals surface area contributed by atoms with Crippen molar-refractivity contribution in [3.8, 4) is 17.1 Å². The van der Waals surface area contributed by atoms with Gasteiger partial charge in [-0.3, -0.25) is 0 Å². The third-order valence-corrected chi connectivity index (χ3v) is 2.48. The van der Waals surface area contributed by atoms with E-state index in [1.54, 1.807) is 13.2 Å². The van der Waals surface area contributed by atoms with E-state index in [4.69, 9.17) is 20.7 Å². The fraction of sp³-hybridized carbons (Fsp3) is 0.0769. The number of benzene rings is 1. The first-order valence-electron chi connectivity index (χ1n) is 5.57. The highest BCUT2D eigenvalue weighted by Gasteiger charge is 2.10. The van der Waals surface area contributed by atoms with Crippen molar-refractivity contribution in [1.29, 1.82) is 0 Å². The second kappa shape index (κ2) is 5.72. The van der Waals surface area contributed by atoms with E-state index in [0.29, 0.717) is 17.3 Å². The average molecular weight is 258 g/mol. The highest BCUT2D eigenvalue weighted by Crippen LogP contribution is 2.21. The largest absolute Gasteiger partial charge is 0.497 e. The first kappa shape index (κ1) is 12.7. The Hall–Kier alpha value is -2.76. The first-order valence-corrected chi connectivity index (χ1v) is 5.57. The minimum atomic E-state index is 0.315. The number of nitrogens with zero attached hydrogens (tertiary/aromatic N) is 2. The van der Waals surface area contributed by atoms with Crippen LogP contribution in [-0.2, 0) is 0 Å². The van der Waals surface area contributed by atoms with Crippen LogP contribution in [0, 0.1) is 0 Å². The summed E-state index contributed by atoms with van der Waals surface area (Å²) in [5.74, 6) is 1.55. The van der Waals surface area contributed by atoms with Crippen LogP contribution in [0.5, 0.6) is 5.75 Å². The topological polar surface area (TPSA) is 100 Å². The molecule has 0 saturated heterocycles. The maximum absolute atomic E-state index is 5.46. The van der Waals surface area contributed by atoms with E-state index in [9.17, 15) is 0 Å². The summed E-state index contributed by atoms with van der Waals surface area (Å²) in [4.78, 5) is 4.25. The summed E-state index contributed by atoms with van der Waals surface area (Å²) >= 11 is 0. The molecule has 4 N–H and O–H groups in total. The fourth-order valence-corrected chi connectivity index (χ4v) is 1.50. The molecule has 0 atom stereocenters. The summed E-state index contributed by atoms with van der Waals surface area (Å²) in [6.07, 6.45) is 4.30. The summed E-state index contributed by atoms with van der Waals surface area (Å²) in [7, 11) is 1.61. The molecule has 0 radical (unpaired) electrons. The molecule has 0 saturated carbocycles. The summed E-state index contributed by atoms with van der Waals surface area (Å²) in [5, 5.41) is 3.90. The Kier molecular flexibility index (Phi) is 3.82. The molecule has 0 spiro atoms. The van der Waals surface area contributed by atoms with Gasteiger partial charge in [-0.1, -0.05) is 5.16 Å². The monoisotopic (exact) mass is 258 g/mol. The van der Waals surface area contributed by atoms with E-state index in [1.807, 2.05) is 24.3 Å². The van der Waals surface area contributed by atoms with Crippen LogP contribution in [-0.4, -0.2) is 17.3 Å². The maximum Gasteiger partial charge on any atom is 0.259 e. The maximum atomic E-state index is 5.46. The van der Waals surface area contributed by atoms with E-state index >= 15 is 0 Å². The molecule has 0 bridgehead atoms. The van der Waals surface area contributed by atoms with Crippen LogP contribution in [0.1, 0.15) is 5.89 Å². The summed E-state index contributed by atoms with van der Waals surface area (Å²) in [6.45, 7) is 0. The summed E-state index contributed by atoms with van der Waals surface area (Å²) < 4.78 is 10.2. The van der Waals surface area contributed by atoms with E-state index in [1.165, 1.54) is 12.4 Å². The van der Waals surface area contributed by atoms with Gasteiger partial charge >= 0.3 is 0 Å². The molecule has 1 heterocycles. The minimum absolute atomic E-state index is 0.315. The Labute approximate surface area is 110 Å². The van der Waals surface area contributed by atoms with Gasteiger partial charge in [0.2, 0.25) is 5.82 Å². The predicted octanol–water partition coefficient (Wildman–Crippen LogP) is 1.52. The van der Waals surface area contributed by atoms with Crippen LogP contribution in [0.3, 0.4) is 0 Å². The number of methoxy groups -OCH3 is 1. The molecule has 1 aromatic heterocycles. The zero-order valence-corrected chi connectivity index (χ0v) is 10.4. The normalized spacial score (nSPS) is 11.9. The molecule has 98 valence electrons. The molecule has 0 unspecified atom stereocenters. The highest BCUT2D eigenvalue weighted by atomic mass is 16.5. The second-order valence-electron chi connectivity index (χ2n) is 3.63. The van der Waals surface area contributed by atoms with Crippen molar-refractivity contribution in [3.63, 3.8) is 0 Å². The van der Waals surface area contributed by atoms with Gasteiger partial charge in [-0.15, -0.1) is 0 Å². The van der Waals surface area contributed by atoms with Crippen molar-refractivity contribution in [3.05, 3.63) is 48.6 Å². The zero-order chi connectivity index (χ0) is 13.7. The lowest BCUT2D eigenvalue weighted by atomic mass is 10.2.